The lowest BCUT2D eigenvalue weighted by atomic mass is 10.2. The average molecular weight is 419 g/mol. The van der Waals surface area contributed by atoms with Gasteiger partial charge in [0.05, 0.1) is 15.8 Å². The van der Waals surface area contributed by atoms with Crippen LogP contribution in [0.1, 0.15) is 13.3 Å². The molecular formula is C17H15BrN4O4. The number of aliphatic hydroxyl groups is 1. The molecule has 1 unspecified atom stereocenters. The Balaban J connectivity index is 2.08. The highest BCUT2D eigenvalue weighted by Crippen LogP contribution is 2.35. The minimum absolute atomic E-state index is 0.0380. The molecule has 0 bridgehead atoms. The van der Waals surface area contributed by atoms with Crippen molar-refractivity contribution in [3.63, 3.8) is 0 Å². The summed E-state index contributed by atoms with van der Waals surface area (Å²) in [5.41, 5.74) is 0.960. The highest BCUT2D eigenvalue weighted by molar-refractivity contribution is 9.10. The zero-order valence-electron chi connectivity index (χ0n) is 13.7. The summed E-state index contributed by atoms with van der Waals surface area (Å²) < 4.78 is 6.15. The van der Waals surface area contributed by atoms with Gasteiger partial charge in [-0.1, -0.05) is 28.9 Å². The van der Waals surface area contributed by atoms with Crippen LogP contribution in [-0.4, -0.2) is 26.3 Å². The van der Waals surface area contributed by atoms with Crippen molar-refractivity contribution in [1.82, 2.24) is 9.97 Å². The van der Waals surface area contributed by atoms with Gasteiger partial charge in [-0.2, -0.15) is 0 Å². The van der Waals surface area contributed by atoms with Crippen LogP contribution in [0.4, 0.5) is 17.2 Å². The number of fused-ring (bicyclic) bond motifs is 1. The molecule has 0 aliphatic heterocycles. The van der Waals surface area contributed by atoms with Crippen molar-refractivity contribution in [2.45, 2.75) is 19.6 Å². The van der Waals surface area contributed by atoms with E-state index in [0.717, 1.165) is 10.2 Å². The number of aliphatic hydroxyl groups excluding tert-OH is 1. The topological polar surface area (TPSA) is 110 Å². The summed E-state index contributed by atoms with van der Waals surface area (Å²) >= 11 is 3.39. The lowest BCUT2D eigenvalue weighted by molar-refractivity contribution is -0.386. The second-order valence-corrected chi connectivity index (χ2v) is 6.35. The van der Waals surface area contributed by atoms with E-state index in [2.05, 4.69) is 31.2 Å². The average Bonchev–Trinajstić information content (AvgIpc) is 2.61. The van der Waals surface area contributed by atoms with Gasteiger partial charge in [0.25, 0.3) is 0 Å². The van der Waals surface area contributed by atoms with E-state index in [1.165, 1.54) is 18.5 Å². The first-order valence-electron chi connectivity index (χ1n) is 7.78. The van der Waals surface area contributed by atoms with Crippen LogP contribution < -0.4 is 10.1 Å². The monoisotopic (exact) mass is 418 g/mol. The number of nitro groups is 1. The number of hydrogen-bond donors (Lipinski definition) is 2. The number of benzene rings is 2. The molecule has 0 radical (unpaired) electrons. The minimum Gasteiger partial charge on any atom is -0.458 e. The minimum atomic E-state index is -1.13. The van der Waals surface area contributed by atoms with Gasteiger partial charge in [-0.3, -0.25) is 10.1 Å². The first kappa shape index (κ1) is 18.0. The number of rotatable bonds is 6. The Hall–Kier alpha value is -2.78. The van der Waals surface area contributed by atoms with Gasteiger partial charge in [-0.05, 0) is 18.2 Å². The van der Waals surface area contributed by atoms with E-state index < -0.39 is 11.2 Å². The molecule has 2 aromatic carbocycles. The van der Waals surface area contributed by atoms with Crippen molar-refractivity contribution >= 4 is 44.0 Å². The third-order valence-electron chi connectivity index (χ3n) is 3.61. The van der Waals surface area contributed by atoms with Gasteiger partial charge in [0.1, 0.15) is 12.1 Å². The number of hydrogen-bond acceptors (Lipinski definition) is 7. The number of ether oxygens (including phenoxy) is 1. The van der Waals surface area contributed by atoms with Crippen LogP contribution in [0.2, 0.25) is 0 Å². The molecule has 0 fully saturated rings. The zero-order chi connectivity index (χ0) is 18.7. The molecule has 0 saturated heterocycles. The second-order valence-electron chi connectivity index (χ2n) is 5.43. The predicted molar refractivity (Wildman–Crippen MR) is 101 cm³/mol. The maximum Gasteiger partial charge on any atom is 0.311 e. The Morgan fingerprint density at radius 1 is 1.35 bits per heavy atom. The summed E-state index contributed by atoms with van der Waals surface area (Å²) in [7, 11) is 0. The van der Waals surface area contributed by atoms with Crippen LogP contribution in [0.25, 0.3) is 10.9 Å². The van der Waals surface area contributed by atoms with Crippen molar-refractivity contribution < 1.29 is 14.8 Å². The summed E-state index contributed by atoms with van der Waals surface area (Å²) in [5, 5.41) is 24.7. The Morgan fingerprint density at radius 2 is 2.15 bits per heavy atom. The molecule has 9 heteroatoms. The van der Waals surface area contributed by atoms with Gasteiger partial charge in [0.2, 0.25) is 5.75 Å². The lowest BCUT2D eigenvalue weighted by Crippen LogP contribution is -2.14. The molecule has 0 aliphatic rings. The van der Waals surface area contributed by atoms with E-state index in [1.807, 2.05) is 24.3 Å². The standard InChI is InChI=1S/C17H15BrN4O4/c1-2-16(23)26-15-8-13-12(7-14(15)22(24)25)17(20-9-19-13)21-11-5-3-4-10(18)6-11/h3-9,16,23H,2H2,1H3,(H,19,20,21). The van der Waals surface area contributed by atoms with E-state index >= 15 is 0 Å². The molecule has 8 nitrogen and oxygen atoms in total. The van der Waals surface area contributed by atoms with E-state index in [1.54, 1.807) is 6.92 Å². The predicted octanol–water partition coefficient (Wildman–Crippen LogP) is 4.15. The van der Waals surface area contributed by atoms with Crippen LogP contribution in [0, 0.1) is 10.1 Å². The molecule has 0 spiro atoms. The third kappa shape index (κ3) is 3.89. The normalized spacial score (nSPS) is 12.0. The molecule has 134 valence electrons. The van der Waals surface area contributed by atoms with Gasteiger partial charge in [0, 0.05) is 28.7 Å². The maximum atomic E-state index is 11.4. The third-order valence-corrected chi connectivity index (χ3v) is 4.11. The lowest BCUT2D eigenvalue weighted by Gasteiger charge is -2.13. The number of anilines is 2. The largest absolute Gasteiger partial charge is 0.458 e. The maximum absolute atomic E-state index is 11.4. The molecular weight excluding hydrogens is 404 g/mol. The zero-order valence-corrected chi connectivity index (χ0v) is 15.3. The molecule has 0 amide bonds. The van der Waals surface area contributed by atoms with Crippen molar-refractivity contribution in [1.29, 1.82) is 0 Å². The molecule has 3 rings (SSSR count). The quantitative estimate of drug-likeness (QED) is 0.351. The van der Waals surface area contributed by atoms with Gasteiger partial charge in [-0.25, -0.2) is 9.97 Å². The fourth-order valence-corrected chi connectivity index (χ4v) is 2.74. The first-order valence-corrected chi connectivity index (χ1v) is 8.57. The SMILES string of the molecule is CCC(O)Oc1cc2ncnc(Nc3cccc(Br)c3)c2cc1[N+](=O)[O-]. The highest BCUT2D eigenvalue weighted by atomic mass is 79.9. The summed E-state index contributed by atoms with van der Waals surface area (Å²) in [6.07, 6.45) is 0.524. The van der Waals surface area contributed by atoms with Crippen LogP contribution in [0.3, 0.4) is 0 Å². The van der Waals surface area contributed by atoms with Crippen molar-refractivity contribution in [3.05, 3.63) is 57.3 Å². The van der Waals surface area contributed by atoms with Gasteiger partial charge in [0.15, 0.2) is 6.29 Å². The number of nitro benzene ring substituents is 1. The molecule has 1 heterocycles. The summed E-state index contributed by atoms with van der Waals surface area (Å²) in [6, 6.07) is 10.2. The molecule has 26 heavy (non-hydrogen) atoms. The second kappa shape index (κ2) is 7.63. The number of nitrogens with one attached hydrogen (secondary N) is 1. The molecule has 0 aliphatic carbocycles. The van der Waals surface area contributed by atoms with Gasteiger partial charge < -0.3 is 15.2 Å². The number of aromatic nitrogens is 2. The number of halogens is 1. The van der Waals surface area contributed by atoms with E-state index in [0.29, 0.717) is 23.1 Å². The molecule has 1 atom stereocenters. The summed E-state index contributed by atoms with van der Waals surface area (Å²) in [6.45, 7) is 1.71. The fraction of sp³-hybridized carbons (Fsp3) is 0.176. The fourth-order valence-electron chi connectivity index (χ4n) is 2.34. The number of nitrogens with zero attached hydrogens (tertiary/aromatic N) is 3. The van der Waals surface area contributed by atoms with Crippen LogP contribution in [0.15, 0.2) is 47.2 Å². The summed E-state index contributed by atoms with van der Waals surface area (Å²) in [5.74, 6) is 0.391. The van der Waals surface area contributed by atoms with E-state index in [4.69, 9.17) is 4.74 Å². The smallest absolute Gasteiger partial charge is 0.311 e. The first-order chi connectivity index (χ1) is 12.5. The summed E-state index contributed by atoms with van der Waals surface area (Å²) in [4.78, 5) is 19.2. The van der Waals surface area contributed by atoms with Crippen molar-refractivity contribution in [2.24, 2.45) is 0 Å². The van der Waals surface area contributed by atoms with Gasteiger partial charge in [-0.15, -0.1) is 0 Å². The van der Waals surface area contributed by atoms with Crippen LogP contribution in [0.5, 0.6) is 5.75 Å². The van der Waals surface area contributed by atoms with Gasteiger partial charge >= 0.3 is 5.69 Å². The van der Waals surface area contributed by atoms with Crippen LogP contribution >= 0.6 is 15.9 Å². The van der Waals surface area contributed by atoms with E-state index in [-0.39, 0.29) is 11.4 Å². The molecule has 0 saturated carbocycles. The van der Waals surface area contributed by atoms with E-state index in [9.17, 15) is 15.2 Å². The Morgan fingerprint density at radius 3 is 2.85 bits per heavy atom. The van der Waals surface area contributed by atoms with Crippen molar-refractivity contribution in [2.75, 3.05) is 5.32 Å². The molecule has 3 aromatic rings. The Kier molecular flexibility index (Phi) is 5.29. The molecule has 1 aromatic heterocycles. The highest BCUT2D eigenvalue weighted by Gasteiger charge is 2.21. The van der Waals surface area contributed by atoms with Crippen molar-refractivity contribution in [3.8, 4) is 5.75 Å². The Bertz CT molecular complexity index is 967. The Labute approximate surface area is 157 Å². The van der Waals surface area contributed by atoms with Crippen LogP contribution in [-0.2, 0) is 0 Å². The molecule has 2 N–H and O–H groups in total.